The molecule has 0 saturated carbocycles. The van der Waals surface area contributed by atoms with Gasteiger partial charge < -0.3 is 5.11 Å². The minimum atomic E-state index is -1.12. The number of rotatable bonds is 14. The molecule has 0 aromatic heterocycles. The number of carboxylic acids is 1. The van der Waals surface area contributed by atoms with Gasteiger partial charge >= 0.3 is 5.97 Å². The summed E-state index contributed by atoms with van der Waals surface area (Å²) in [5, 5.41) is 9.62. The Balaban J connectivity index is 1.45. The molecule has 2 aromatic rings. The molecular formula is C29H34N2O6. The maximum absolute atomic E-state index is 13.3. The Labute approximate surface area is 216 Å². The van der Waals surface area contributed by atoms with Crippen LogP contribution in [0.3, 0.4) is 0 Å². The molecule has 0 aliphatic carbocycles. The molecule has 0 unspecified atom stereocenters. The van der Waals surface area contributed by atoms with E-state index in [1.54, 1.807) is 0 Å². The van der Waals surface area contributed by atoms with Crippen LogP contribution in [0.1, 0.15) is 119 Å². The summed E-state index contributed by atoms with van der Waals surface area (Å²) in [7, 11) is 0. The molecule has 0 bridgehead atoms. The SMILES string of the molecule is CCCCCCCCCCCCN1C(=O)c2ccc3c4c(ccc(c24)C1=O)C(=O)N(CCC(=O)O)C3=O. The zero-order valence-electron chi connectivity index (χ0n) is 21.4. The highest BCUT2D eigenvalue weighted by molar-refractivity contribution is 6.33. The van der Waals surface area contributed by atoms with Crippen LogP contribution in [0, 0.1) is 0 Å². The molecule has 4 rings (SSSR count). The molecule has 0 spiro atoms. The van der Waals surface area contributed by atoms with E-state index in [1.165, 1.54) is 67.7 Å². The van der Waals surface area contributed by atoms with E-state index in [-0.39, 0.29) is 24.1 Å². The first-order valence-electron chi connectivity index (χ1n) is 13.4. The summed E-state index contributed by atoms with van der Waals surface area (Å²) in [4.78, 5) is 65.8. The molecule has 2 aliphatic heterocycles. The molecule has 0 fully saturated rings. The first-order chi connectivity index (χ1) is 17.9. The van der Waals surface area contributed by atoms with Gasteiger partial charge in [-0.2, -0.15) is 0 Å². The van der Waals surface area contributed by atoms with Gasteiger partial charge in [-0.1, -0.05) is 64.7 Å². The maximum Gasteiger partial charge on any atom is 0.305 e. The predicted molar refractivity (Wildman–Crippen MR) is 139 cm³/mol. The van der Waals surface area contributed by atoms with Crippen molar-refractivity contribution in [2.75, 3.05) is 13.1 Å². The van der Waals surface area contributed by atoms with Crippen molar-refractivity contribution < 1.29 is 29.1 Å². The van der Waals surface area contributed by atoms with Crippen molar-refractivity contribution in [2.45, 2.75) is 77.6 Å². The van der Waals surface area contributed by atoms with E-state index in [2.05, 4.69) is 6.92 Å². The van der Waals surface area contributed by atoms with Crippen LogP contribution >= 0.6 is 0 Å². The average molecular weight is 507 g/mol. The fourth-order valence-electron chi connectivity index (χ4n) is 5.35. The molecule has 2 aliphatic rings. The number of hydrogen-bond donors (Lipinski definition) is 1. The Morgan fingerprint density at radius 1 is 0.595 bits per heavy atom. The van der Waals surface area contributed by atoms with Crippen LogP contribution < -0.4 is 0 Å². The molecule has 196 valence electrons. The standard InChI is InChI=1S/C29H34N2O6/c1-2-3-4-5-6-7-8-9-10-11-17-30-26(34)19-12-14-21-25-22(15-13-20(24(19)25)27(30)35)29(37)31(28(21)36)18-16-23(32)33/h12-15H,2-11,16-18H2,1H3,(H,32,33). The van der Waals surface area contributed by atoms with Gasteiger partial charge in [-0.05, 0) is 30.7 Å². The Kier molecular flexibility index (Phi) is 8.36. The molecule has 37 heavy (non-hydrogen) atoms. The lowest BCUT2D eigenvalue weighted by atomic mass is 9.86. The highest BCUT2D eigenvalue weighted by Gasteiger charge is 2.39. The lowest BCUT2D eigenvalue weighted by molar-refractivity contribution is -0.137. The molecule has 0 atom stereocenters. The second kappa shape index (κ2) is 11.7. The van der Waals surface area contributed by atoms with Crippen molar-refractivity contribution in [1.29, 1.82) is 0 Å². The highest BCUT2D eigenvalue weighted by atomic mass is 16.4. The minimum Gasteiger partial charge on any atom is -0.481 e. The number of carbonyl (C=O) groups excluding carboxylic acids is 4. The van der Waals surface area contributed by atoms with Crippen molar-refractivity contribution in [3.63, 3.8) is 0 Å². The molecule has 2 aromatic carbocycles. The number of nitrogens with zero attached hydrogens (tertiary/aromatic N) is 2. The van der Waals surface area contributed by atoms with Gasteiger partial charge in [0.05, 0.1) is 6.42 Å². The molecule has 0 saturated heterocycles. The van der Waals surface area contributed by atoms with Crippen LogP contribution in [0.4, 0.5) is 0 Å². The monoisotopic (exact) mass is 506 g/mol. The number of unbranched alkanes of at least 4 members (excludes halogenated alkanes) is 9. The van der Waals surface area contributed by atoms with Crippen molar-refractivity contribution in [3.8, 4) is 0 Å². The number of aliphatic carboxylic acids is 1. The van der Waals surface area contributed by atoms with E-state index < -0.39 is 29.6 Å². The third kappa shape index (κ3) is 5.29. The summed E-state index contributed by atoms with van der Waals surface area (Å²) in [5.41, 5.74) is 1.01. The molecule has 0 radical (unpaired) electrons. The van der Waals surface area contributed by atoms with E-state index in [9.17, 15) is 24.0 Å². The van der Waals surface area contributed by atoms with Crippen molar-refractivity contribution in [1.82, 2.24) is 9.80 Å². The lowest BCUT2D eigenvalue weighted by Crippen LogP contribution is -2.44. The molecule has 2 heterocycles. The largest absolute Gasteiger partial charge is 0.481 e. The summed E-state index contributed by atoms with van der Waals surface area (Å²) >= 11 is 0. The van der Waals surface area contributed by atoms with Crippen LogP contribution in [0.15, 0.2) is 24.3 Å². The van der Waals surface area contributed by atoms with Gasteiger partial charge in [0, 0.05) is 46.1 Å². The molecule has 8 nitrogen and oxygen atoms in total. The molecule has 1 N–H and O–H groups in total. The summed E-state index contributed by atoms with van der Waals surface area (Å²) in [6.45, 7) is 2.30. The number of carbonyl (C=O) groups is 5. The van der Waals surface area contributed by atoms with Crippen LogP contribution in [0.25, 0.3) is 10.8 Å². The summed E-state index contributed by atoms with van der Waals surface area (Å²) in [6, 6.07) is 6.07. The zero-order valence-corrected chi connectivity index (χ0v) is 21.4. The maximum atomic E-state index is 13.3. The minimum absolute atomic E-state index is 0.198. The van der Waals surface area contributed by atoms with Crippen molar-refractivity contribution >= 4 is 40.4 Å². The third-order valence-corrected chi connectivity index (χ3v) is 7.35. The van der Waals surface area contributed by atoms with Gasteiger partial charge in [-0.25, -0.2) is 0 Å². The Morgan fingerprint density at radius 3 is 1.32 bits per heavy atom. The van der Waals surface area contributed by atoms with E-state index in [0.29, 0.717) is 28.4 Å². The Morgan fingerprint density at radius 2 is 0.946 bits per heavy atom. The fraction of sp³-hybridized carbons (Fsp3) is 0.483. The first kappa shape index (κ1) is 26.5. The van der Waals surface area contributed by atoms with E-state index in [4.69, 9.17) is 5.11 Å². The van der Waals surface area contributed by atoms with Crippen LogP contribution in [-0.2, 0) is 4.79 Å². The van der Waals surface area contributed by atoms with Gasteiger partial charge in [-0.15, -0.1) is 0 Å². The van der Waals surface area contributed by atoms with E-state index in [0.717, 1.165) is 30.6 Å². The normalized spacial score (nSPS) is 14.7. The number of amides is 4. The van der Waals surface area contributed by atoms with Gasteiger partial charge in [0.25, 0.3) is 23.6 Å². The summed E-state index contributed by atoms with van der Waals surface area (Å²) in [5.74, 6) is -3.17. The van der Waals surface area contributed by atoms with Gasteiger partial charge in [-0.3, -0.25) is 33.8 Å². The second-order valence-electron chi connectivity index (χ2n) is 9.92. The van der Waals surface area contributed by atoms with Crippen molar-refractivity contribution in [2.24, 2.45) is 0 Å². The number of imide groups is 2. The molecule has 4 amide bonds. The van der Waals surface area contributed by atoms with E-state index >= 15 is 0 Å². The number of hydrogen-bond acceptors (Lipinski definition) is 5. The number of benzene rings is 2. The van der Waals surface area contributed by atoms with Crippen LogP contribution in [0.5, 0.6) is 0 Å². The zero-order chi connectivity index (χ0) is 26.5. The topological polar surface area (TPSA) is 112 Å². The average Bonchev–Trinajstić information content (AvgIpc) is 2.88. The fourth-order valence-corrected chi connectivity index (χ4v) is 5.35. The van der Waals surface area contributed by atoms with Gasteiger partial charge in [0.2, 0.25) is 0 Å². The van der Waals surface area contributed by atoms with Crippen LogP contribution in [0.2, 0.25) is 0 Å². The Bertz CT molecular complexity index is 1180. The molecular weight excluding hydrogens is 472 g/mol. The summed E-state index contributed by atoms with van der Waals surface area (Å²) in [6.07, 6.45) is 11.2. The van der Waals surface area contributed by atoms with Gasteiger partial charge in [0.1, 0.15) is 0 Å². The Hall–Kier alpha value is -3.55. The van der Waals surface area contributed by atoms with Crippen LogP contribution in [-0.4, -0.2) is 57.6 Å². The lowest BCUT2D eigenvalue weighted by Gasteiger charge is -2.31. The number of carboxylic acid groups (broad SMARTS) is 1. The summed E-state index contributed by atoms with van der Waals surface area (Å²) < 4.78 is 0. The van der Waals surface area contributed by atoms with Crippen molar-refractivity contribution in [3.05, 3.63) is 46.5 Å². The van der Waals surface area contributed by atoms with E-state index in [1.807, 2.05) is 0 Å². The highest BCUT2D eigenvalue weighted by Crippen LogP contribution is 2.38. The smallest absolute Gasteiger partial charge is 0.305 e. The quantitative estimate of drug-likeness (QED) is 0.270. The predicted octanol–water partition coefficient (Wildman–Crippen LogP) is 5.43. The third-order valence-electron chi connectivity index (χ3n) is 7.35. The molecule has 8 heteroatoms. The van der Waals surface area contributed by atoms with Gasteiger partial charge in [0.15, 0.2) is 0 Å². The first-order valence-corrected chi connectivity index (χ1v) is 13.4. The second-order valence-corrected chi connectivity index (χ2v) is 9.92.